The molecular weight excluding hydrogens is 588 g/mol. The highest BCUT2D eigenvalue weighted by molar-refractivity contribution is 5.48. The predicted octanol–water partition coefficient (Wildman–Crippen LogP) is 11.9. The van der Waals surface area contributed by atoms with Gasteiger partial charge in [0.1, 0.15) is 11.5 Å². The zero-order valence-electron chi connectivity index (χ0n) is 32.7. The van der Waals surface area contributed by atoms with Crippen LogP contribution in [0.1, 0.15) is 185 Å². The molecule has 4 nitrogen and oxygen atoms in total. The zero-order chi connectivity index (χ0) is 35.2. The fourth-order valence-electron chi connectivity index (χ4n) is 7.45. The normalized spacial score (nSPS) is 15.0. The van der Waals surface area contributed by atoms with Gasteiger partial charge in [0.2, 0.25) is 0 Å². The molecule has 1 fully saturated rings. The standard InChI is InChI=1S/C44H74N2O2/c1-9-11-13-15-17-19-21-24-35-28-37(41(47)39(30-35)43(3,4)5)32-45-26-23-27-46(34-45)33-38-29-36(25-22-20-18-16-14-12-10-2)31-40(42(38)48)44(6,7)8/h28-31,47-48H,9-27,32-34H2,1-8H3. The van der Waals surface area contributed by atoms with E-state index in [4.69, 9.17) is 0 Å². The number of aromatic hydroxyl groups is 2. The molecule has 0 saturated carbocycles. The van der Waals surface area contributed by atoms with Crippen LogP contribution in [0.15, 0.2) is 24.3 Å². The lowest BCUT2D eigenvalue weighted by atomic mass is 9.83. The quantitative estimate of drug-likeness (QED) is 0.139. The second-order valence-electron chi connectivity index (χ2n) is 17.1. The van der Waals surface area contributed by atoms with E-state index in [0.29, 0.717) is 11.5 Å². The van der Waals surface area contributed by atoms with E-state index >= 15 is 0 Å². The summed E-state index contributed by atoms with van der Waals surface area (Å²) in [6, 6.07) is 9.12. The summed E-state index contributed by atoms with van der Waals surface area (Å²) in [5.41, 5.74) is 6.80. The van der Waals surface area contributed by atoms with Crippen molar-refractivity contribution < 1.29 is 10.2 Å². The van der Waals surface area contributed by atoms with Crippen molar-refractivity contribution in [3.63, 3.8) is 0 Å². The van der Waals surface area contributed by atoms with Gasteiger partial charge in [0, 0.05) is 37.3 Å². The number of aryl methyl sites for hydroxylation is 2. The molecule has 1 heterocycles. The van der Waals surface area contributed by atoms with Gasteiger partial charge in [-0.3, -0.25) is 9.80 Å². The molecule has 0 unspecified atom stereocenters. The van der Waals surface area contributed by atoms with Gasteiger partial charge in [0.05, 0.1) is 6.67 Å². The van der Waals surface area contributed by atoms with Crippen LogP contribution in [0.3, 0.4) is 0 Å². The Balaban J connectivity index is 1.69. The Hall–Kier alpha value is -2.04. The largest absolute Gasteiger partial charge is 0.507 e. The van der Waals surface area contributed by atoms with Gasteiger partial charge >= 0.3 is 0 Å². The highest BCUT2D eigenvalue weighted by atomic mass is 16.3. The SMILES string of the molecule is CCCCCCCCCc1cc(CN2CCCN(Cc3cc(CCCCCCCCC)cc(C(C)(C)C)c3O)C2)c(O)c(C(C)(C)C)c1. The zero-order valence-corrected chi connectivity index (χ0v) is 32.7. The van der Waals surface area contributed by atoms with E-state index in [1.165, 1.54) is 101 Å². The van der Waals surface area contributed by atoms with Gasteiger partial charge in [0.15, 0.2) is 0 Å². The number of hydrogen-bond donors (Lipinski definition) is 2. The first-order chi connectivity index (χ1) is 22.8. The summed E-state index contributed by atoms with van der Waals surface area (Å²) in [6.45, 7) is 22.3. The van der Waals surface area contributed by atoms with E-state index in [1.54, 1.807) is 0 Å². The molecular formula is C44H74N2O2. The minimum absolute atomic E-state index is 0.106. The van der Waals surface area contributed by atoms with Crippen molar-refractivity contribution in [1.29, 1.82) is 0 Å². The van der Waals surface area contributed by atoms with E-state index in [2.05, 4.69) is 89.5 Å². The van der Waals surface area contributed by atoms with Crippen LogP contribution in [0.2, 0.25) is 0 Å². The summed E-state index contributed by atoms with van der Waals surface area (Å²) in [7, 11) is 0. The van der Waals surface area contributed by atoms with E-state index in [0.717, 1.165) is 74.4 Å². The van der Waals surface area contributed by atoms with E-state index in [-0.39, 0.29) is 10.8 Å². The summed E-state index contributed by atoms with van der Waals surface area (Å²) >= 11 is 0. The Morgan fingerprint density at radius 2 is 0.875 bits per heavy atom. The average molecular weight is 663 g/mol. The van der Waals surface area contributed by atoms with Crippen molar-refractivity contribution in [2.45, 2.75) is 188 Å². The van der Waals surface area contributed by atoms with Crippen molar-refractivity contribution in [2.24, 2.45) is 0 Å². The third-order valence-corrected chi connectivity index (χ3v) is 10.4. The number of unbranched alkanes of at least 4 members (excludes halogenated alkanes) is 12. The molecule has 2 N–H and O–H groups in total. The van der Waals surface area contributed by atoms with Crippen LogP contribution in [0.4, 0.5) is 0 Å². The van der Waals surface area contributed by atoms with Crippen LogP contribution in [0, 0.1) is 0 Å². The van der Waals surface area contributed by atoms with Gasteiger partial charge in [0.25, 0.3) is 0 Å². The fourth-order valence-corrected chi connectivity index (χ4v) is 7.45. The lowest BCUT2D eigenvalue weighted by Crippen LogP contribution is -2.44. The van der Waals surface area contributed by atoms with Crippen LogP contribution in [-0.2, 0) is 36.8 Å². The summed E-state index contributed by atoms with van der Waals surface area (Å²) in [5.74, 6) is 0.960. The maximum atomic E-state index is 11.5. The molecule has 0 aromatic heterocycles. The molecule has 0 bridgehead atoms. The number of nitrogens with zero attached hydrogens (tertiary/aromatic N) is 2. The van der Waals surface area contributed by atoms with Crippen molar-refractivity contribution in [2.75, 3.05) is 19.8 Å². The monoisotopic (exact) mass is 663 g/mol. The molecule has 2 aromatic rings. The Kier molecular flexibility index (Phi) is 16.8. The van der Waals surface area contributed by atoms with Crippen LogP contribution in [0.5, 0.6) is 11.5 Å². The third-order valence-electron chi connectivity index (χ3n) is 10.4. The van der Waals surface area contributed by atoms with Gasteiger partial charge in [-0.25, -0.2) is 0 Å². The molecule has 0 spiro atoms. The number of phenols is 2. The smallest absolute Gasteiger partial charge is 0.123 e. The van der Waals surface area contributed by atoms with Crippen LogP contribution in [0.25, 0.3) is 0 Å². The van der Waals surface area contributed by atoms with Crippen molar-refractivity contribution >= 4 is 0 Å². The lowest BCUT2D eigenvalue weighted by Gasteiger charge is -2.36. The molecule has 48 heavy (non-hydrogen) atoms. The number of hydrogen-bond acceptors (Lipinski definition) is 4. The first-order valence-corrected chi connectivity index (χ1v) is 20.0. The minimum Gasteiger partial charge on any atom is -0.507 e. The molecule has 0 amide bonds. The Morgan fingerprint density at radius 1 is 0.521 bits per heavy atom. The Bertz CT molecular complexity index is 1130. The summed E-state index contributed by atoms with van der Waals surface area (Å²) < 4.78 is 0. The average Bonchev–Trinajstić information content (AvgIpc) is 3.02. The topological polar surface area (TPSA) is 46.9 Å². The van der Waals surface area contributed by atoms with E-state index < -0.39 is 0 Å². The summed E-state index contributed by atoms with van der Waals surface area (Å²) in [5, 5.41) is 23.0. The van der Waals surface area contributed by atoms with Gasteiger partial charge in [-0.05, 0) is 65.2 Å². The van der Waals surface area contributed by atoms with Crippen molar-refractivity contribution in [3.05, 3.63) is 57.6 Å². The summed E-state index contributed by atoms with van der Waals surface area (Å²) in [6.07, 6.45) is 21.7. The first kappa shape index (κ1) is 40.4. The van der Waals surface area contributed by atoms with Crippen LogP contribution < -0.4 is 0 Å². The molecule has 1 aliphatic heterocycles. The maximum absolute atomic E-state index is 11.5. The van der Waals surface area contributed by atoms with Crippen molar-refractivity contribution in [3.8, 4) is 11.5 Å². The predicted molar refractivity (Wildman–Crippen MR) is 207 cm³/mol. The molecule has 3 rings (SSSR count). The number of benzene rings is 2. The Labute approximate surface area is 296 Å². The molecule has 272 valence electrons. The second-order valence-corrected chi connectivity index (χ2v) is 17.1. The van der Waals surface area contributed by atoms with Crippen LogP contribution in [-0.4, -0.2) is 39.8 Å². The third kappa shape index (κ3) is 13.3. The minimum atomic E-state index is -0.106. The van der Waals surface area contributed by atoms with Crippen molar-refractivity contribution in [1.82, 2.24) is 9.80 Å². The Morgan fingerprint density at radius 3 is 1.23 bits per heavy atom. The molecule has 1 saturated heterocycles. The van der Waals surface area contributed by atoms with Gasteiger partial charge in [-0.2, -0.15) is 0 Å². The number of phenolic OH excluding ortho intramolecular Hbond substituents is 2. The van der Waals surface area contributed by atoms with E-state index in [9.17, 15) is 10.2 Å². The van der Waals surface area contributed by atoms with Gasteiger partial charge in [-0.1, -0.05) is 157 Å². The molecule has 1 aliphatic rings. The highest BCUT2D eigenvalue weighted by Gasteiger charge is 2.26. The molecule has 0 radical (unpaired) electrons. The maximum Gasteiger partial charge on any atom is 0.123 e. The molecule has 2 aromatic carbocycles. The molecule has 4 heteroatoms. The number of rotatable bonds is 20. The molecule has 0 atom stereocenters. The van der Waals surface area contributed by atoms with Gasteiger partial charge < -0.3 is 10.2 Å². The van der Waals surface area contributed by atoms with Gasteiger partial charge in [-0.15, -0.1) is 0 Å². The summed E-state index contributed by atoms with van der Waals surface area (Å²) in [4.78, 5) is 4.99. The second kappa shape index (κ2) is 20.0. The fraction of sp³-hybridized carbons (Fsp3) is 0.727. The van der Waals surface area contributed by atoms with Crippen LogP contribution >= 0.6 is 0 Å². The highest BCUT2D eigenvalue weighted by Crippen LogP contribution is 2.37. The van der Waals surface area contributed by atoms with E-state index in [1.807, 2.05) is 0 Å². The molecule has 0 aliphatic carbocycles. The first-order valence-electron chi connectivity index (χ1n) is 20.0. The lowest BCUT2D eigenvalue weighted by molar-refractivity contribution is 0.0733.